The van der Waals surface area contributed by atoms with Gasteiger partial charge in [-0.05, 0) is 17.7 Å². The van der Waals surface area contributed by atoms with Gasteiger partial charge in [-0.2, -0.15) is 0 Å². The van der Waals surface area contributed by atoms with Crippen LogP contribution in [0.15, 0.2) is 18.2 Å². The minimum atomic E-state index is -0.823. The maximum atomic E-state index is 12.9. The standard InChI is InChI=1S/C10H11F2NO.ClH/c11-8-2-1-7(5-9(8)12)10-6-13-3-4-14-10;/h1-2,5,10,13H,3-4,6H2;1H. The van der Waals surface area contributed by atoms with Crippen LogP contribution in [0.2, 0.25) is 0 Å². The highest BCUT2D eigenvalue weighted by atomic mass is 35.5. The first-order valence-corrected chi connectivity index (χ1v) is 4.54. The number of hydrogen-bond acceptors (Lipinski definition) is 2. The monoisotopic (exact) mass is 235 g/mol. The summed E-state index contributed by atoms with van der Waals surface area (Å²) < 4.78 is 30.9. The molecule has 84 valence electrons. The molecule has 1 heterocycles. The Morgan fingerprint density at radius 2 is 2.07 bits per heavy atom. The van der Waals surface area contributed by atoms with Crippen molar-refractivity contribution in [1.29, 1.82) is 0 Å². The quantitative estimate of drug-likeness (QED) is 0.805. The molecule has 1 aliphatic heterocycles. The fraction of sp³-hybridized carbons (Fsp3) is 0.400. The van der Waals surface area contributed by atoms with E-state index in [2.05, 4.69) is 5.32 Å². The van der Waals surface area contributed by atoms with Gasteiger partial charge in [0.15, 0.2) is 11.6 Å². The van der Waals surface area contributed by atoms with Crippen molar-refractivity contribution in [3.05, 3.63) is 35.4 Å². The Bertz CT molecular complexity index is 329. The van der Waals surface area contributed by atoms with Crippen molar-refractivity contribution >= 4 is 12.4 Å². The summed E-state index contributed by atoms with van der Waals surface area (Å²) in [5.41, 5.74) is 0.677. The maximum absolute atomic E-state index is 12.9. The number of nitrogens with one attached hydrogen (secondary N) is 1. The molecule has 1 unspecified atom stereocenters. The van der Waals surface area contributed by atoms with Crippen molar-refractivity contribution in [2.45, 2.75) is 6.10 Å². The lowest BCUT2D eigenvalue weighted by Gasteiger charge is -2.23. The highest BCUT2D eigenvalue weighted by molar-refractivity contribution is 5.85. The number of hydrogen-bond donors (Lipinski definition) is 1. The van der Waals surface area contributed by atoms with Crippen molar-refractivity contribution in [3.8, 4) is 0 Å². The Hall–Kier alpha value is -0.710. The van der Waals surface area contributed by atoms with Crippen LogP contribution in [-0.2, 0) is 4.74 Å². The molecule has 15 heavy (non-hydrogen) atoms. The molecule has 1 fully saturated rings. The van der Waals surface area contributed by atoms with E-state index < -0.39 is 11.6 Å². The van der Waals surface area contributed by atoms with Crippen molar-refractivity contribution in [1.82, 2.24) is 5.32 Å². The number of morpholine rings is 1. The SMILES string of the molecule is Cl.Fc1ccc(C2CNCCO2)cc1F. The van der Waals surface area contributed by atoms with Crippen molar-refractivity contribution < 1.29 is 13.5 Å². The molecule has 1 N–H and O–H groups in total. The minimum absolute atomic E-state index is 0. The van der Waals surface area contributed by atoms with E-state index in [4.69, 9.17) is 4.74 Å². The third-order valence-corrected chi connectivity index (χ3v) is 2.24. The van der Waals surface area contributed by atoms with Crippen LogP contribution in [-0.4, -0.2) is 19.7 Å². The van der Waals surface area contributed by atoms with Crippen molar-refractivity contribution in [2.24, 2.45) is 0 Å². The Labute approximate surface area is 93.0 Å². The van der Waals surface area contributed by atoms with Crippen LogP contribution in [0.1, 0.15) is 11.7 Å². The first kappa shape index (κ1) is 12.4. The Morgan fingerprint density at radius 3 is 2.67 bits per heavy atom. The van der Waals surface area contributed by atoms with Crippen LogP contribution in [0, 0.1) is 11.6 Å². The molecule has 1 aromatic carbocycles. The average Bonchev–Trinajstić information content (AvgIpc) is 2.23. The summed E-state index contributed by atoms with van der Waals surface area (Å²) in [7, 11) is 0. The zero-order valence-corrected chi connectivity index (χ0v) is 8.82. The van der Waals surface area contributed by atoms with E-state index >= 15 is 0 Å². The van der Waals surface area contributed by atoms with E-state index in [9.17, 15) is 8.78 Å². The molecule has 1 atom stereocenters. The molecule has 5 heteroatoms. The lowest BCUT2D eigenvalue weighted by atomic mass is 10.1. The van der Waals surface area contributed by atoms with E-state index in [1.165, 1.54) is 6.07 Å². The molecule has 1 aliphatic rings. The molecule has 1 saturated heterocycles. The summed E-state index contributed by atoms with van der Waals surface area (Å²) in [6, 6.07) is 3.87. The van der Waals surface area contributed by atoms with E-state index in [1.54, 1.807) is 6.07 Å². The smallest absolute Gasteiger partial charge is 0.159 e. The van der Waals surface area contributed by atoms with Crippen LogP contribution in [0.4, 0.5) is 8.78 Å². The van der Waals surface area contributed by atoms with E-state index in [1.807, 2.05) is 0 Å². The molecular weight excluding hydrogens is 224 g/mol. The van der Waals surface area contributed by atoms with Gasteiger partial charge in [0.05, 0.1) is 12.7 Å². The van der Waals surface area contributed by atoms with Gasteiger partial charge in [-0.3, -0.25) is 0 Å². The van der Waals surface area contributed by atoms with Gasteiger partial charge >= 0.3 is 0 Å². The molecule has 1 aromatic rings. The third-order valence-electron chi connectivity index (χ3n) is 2.24. The largest absolute Gasteiger partial charge is 0.371 e. The molecule has 0 spiro atoms. The van der Waals surface area contributed by atoms with Crippen LogP contribution < -0.4 is 5.32 Å². The van der Waals surface area contributed by atoms with Gasteiger partial charge in [0.25, 0.3) is 0 Å². The van der Waals surface area contributed by atoms with Crippen molar-refractivity contribution in [3.63, 3.8) is 0 Å². The third kappa shape index (κ3) is 2.87. The van der Waals surface area contributed by atoms with Crippen molar-refractivity contribution in [2.75, 3.05) is 19.7 Å². The molecule has 0 aromatic heterocycles. The Kier molecular flexibility index (Phi) is 4.45. The molecular formula is C10H12ClF2NO. The van der Waals surface area contributed by atoms with Gasteiger partial charge < -0.3 is 10.1 Å². The highest BCUT2D eigenvalue weighted by Crippen LogP contribution is 2.20. The van der Waals surface area contributed by atoms with Gasteiger partial charge in [-0.15, -0.1) is 12.4 Å². The summed E-state index contributed by atoms with van der Waals surface area (Å²) in [6.45, 7) is 2.05. The van der Waals surface area contributed by atoms with Crippen LogP contribution in [0.25, 0.3) is 0 Å². The van der Waals surface area contributed by atoms with Crippen LogP contribution in [0.5, 0.6) is 0 Å². The highest BCUT2D eigenvalue weighted by Gasteiger charge is 2.16. The van der Waals surface area contributed by atoms with Gasteiger partial charge in [0.2, 0.25) is 0 Å². The zero-order chi connectivity index (χ0) is 9.97. The lowest BCUT2D eigenvalue weighted by Crippen LogP contribution is -2.33. The van der Waals surface area contributed by atoms with Crippen LogP contribution >= 0.6 is 12.4 Å². The fourth-order valence-corrected chi connectivity index (χ4v) is 1.49. The maximum Gasteiger partial charge on any atom is 0.159 e. The fourth-order valence-electron chi connectivity index (χ4n) is 1.49. The summed E-state index contributed by atoms with van der Waals surface area (Å²) in [5, 5.41) is 3.13. The second-order valence-corrected chi connectivity index (χ2v) is 3.24. The summed E-state index contributed by atoms with van der Waals surface area (Å²) >= 11 is 0. The second-order valence-electron chi connectivity index (χ2n) is 3.24. The Morgan fingerprint density at radius 1 is 1.27 bits per heavy atom. The van der Waals surface area contributed by atoms with Gasteiger partial charge in [0.1, 0.15) is 0 Å². The Balaban J connectivity index is 0.00000112. The van der Waals surface area contributed by atoms with E-state index in [-0.39, 0.29) is 18.5 Å². The van der Waals surface area contributed by atoms with Gasteiger partial charge in [-0.1, -0.05) is 6.07 Å². The first-order chi connectivity index (χ1) is 6.77. The summed E-state index contributed by atoms with van der Waals surface area (Å²) in [4.78, 5) is 0. The molecule has 0 bridgehead atoms. The van der Waals surface area contributed by atoms with E-state index in [0.717, 1.165) is 12.6 Å². The molecule has 0 aliphatic carbocycles. The summed E-state index contributed by atoms with van der Waals surface area (Å²) in [6.07, 6.45) is -0.168. The second kappa shape index (κ2) is 5.39. The van der Waals surface area contributed by atoms with Crippen LogP contribution in [0.3, 0.4) is 0 Å². The lowest BCUT2D eigenvalue weighted by molar-refractivity contribution is 0.0274. The predicted octanol–water partition coefficient (Wildman–Crippen LogP) is 2.05. The number of halogens is 3. The molecule has 2 rings (SSSR count). The number of benzene rings is 1. The number of rotatable bonds is 1. The number of ether oxygens (including phenoxy) is 1. The normalized spacial score (nSPS) is 20.8. The minimum Gasteiger partial charge on any atom is -0.371 e. The molecule has 0 amide bonds. The topological polar surface area (TPSA) is 21.3 Å². The molecule has 0 radical (unpaired) electrons. The molecule has 0 saturated carbocycles. The van der Waals surface area contributed by atoms with Gasteiger partial charge in [0, 0.05) is 13.1 Å². The first-order valence-electron chi connectivity index (χ1n) is 4.54. The predicted molar refractivity (Wildman–Crippen MR) is 55.2 cm³/mol. The van der Waals surface area contributed by atoms with E-state index in [0.29, 0.717) is 18.7 Å². The molecule has 2 nitrogen and oxygen atoms in total. The zero-order valence-electron chi connectivity index (χ0n) is 8.00. The summed E-state index contributed by atoms with van der Waals surface area (Å²) in [5.74, 6) is -1.64. The van der Waals surface area contributed by atoms with Gasteiger partial charge in [-0.25, -0.2) is 8.78 Å². The average molecular weight is 236 g/mol.